The summed E-state index contributed by atoms with van der Waals surface area (Å²) in [7, 11) is 1.93. The number of halogens is 1. The van der Waals surface area contributed by atoms with Crippen molar-refractivity contribution in [3.05, 3.63) is 18.0 Å². The Labute approximate surface area is 169 Å². The summed E-state index contributed by atoms with van der Waals surface area (Å²) in [6.45, 7) is 8.31. The smallest absolute Gasteiger partial charge is 0.191 e. The highest BCUT2D eigenvalue weighted by Gasteiger charge is 2.33. The first-order valence-electron chi connectivity index (χ1n) is 9.25. The predicted molar refractivity (Wildman–Crippen MR) is 113 cm³/mol. The molecule has 1 saturated carbocycles. The van der Waals surface area contributed by atoms with Gasteiger partial charge in [-0.25, -0.2) is 4.99 Å². The minimum Gasteiger partial charge on any atom is -0.382 e. The molecule has 0 atom stereocenters. The quantitative estimate of drug-likeness (QED) is 0.256. The number of guanidine groups is 1. The predicted octanol–water partition coefficient (Wildman–Crippen LogP) is 3.08. The summed E-state index contributed by atoms with van der Waals surface area (Å²) >= 11 is 0. The number of aliphatic imine (C=N–C) groups is 1. The number of rotatable bonds is 9. The van der Waals surface area contributed by atoms with Gasteiger partial charge < -0.3 is 15.4 Å². The van der Waals surface area contributed by atoms with E-state index in [1.54, 1.807) is 0 Å². The second-order valence-electron chi connectivity index (χ2n) is 6.73. The van der Waals surface area contributed by atoms with Gasteiger partial charge in [0, 0.05) is 45.1 Å². The van der Waals surface area contributed by atoms with Crippen LogP contribution in [0.2, 0.25) is 0 Å². The van der Waals surface area contributed by atoms with Crippen LogP contribution in [0.1, 0.15) is 51.5 Å². The lowest BCUT2D eigenvalue weighted by Gasteiger charge is -2.30. The SMILES string of the molecule is CCNC(=NCc1cnn(C)c1)NCC1(CCOCC)CCCC1.I. The molecule has 0 aromatic carbocycles. The molecule has 1 aliphatic carbocycles. The summed E-state index contributed by atoms with van der Waals surface area (Å²) in [6, 6.07) is 0. The maximum absolute atomic E-state index is 5.60. The highest BCUT2D eigenvalue weighted by atomic mass is 127. The summed E-state index contributed by atoms with van der Waals surface area (Å²) in [5, 5.41) is 11.1. The molecule has 0 spiro atoms. The molecule has 144 valence electrons. The fourth-order valence-corrected chi connectivity index (χ4v) is 3.41. The van der Waals surface area contributed by atoms with Crippen molar-refractivity contribution in [1.82, 2.24) is 20.4 Å². The molecule has 2 N–H and O–H groups in total. The molecule has 0 bridgehead atoms. The van der Waals surface area contributed by atoms with E-state index >= 15 is 0 Å². The Balaban J connectivity index is 0.00000312. The van der Waals surface area contributed by atoms with Crippen molar-refractivity contribution < 1.29 is 4.74 Å². The van der Waals surface area contributed by atoms with Crippen molar-refractivity contribution in [2.24, 2.45) is 17.5 Å². The van der Waals surface area contributed by atoms with Gasteiger partial charge in [-0.15, -0.1) is 24.0 Å². The second-order valence-corrected chi connectivity index (χ2v) is 6.73. The lowest BCUT2D eigenvalue weighted by Crippen LogP contribution is -2.43. The van der Waals surface area contributed by atoms with Crippen molar-refractivity contribution in [2.75, 3.05) is 26.3 Å². The van der Waals surface area contributed by atoms with Gasteiger partial charge in [-0.2, -0.15) is 5.10 Å². The first-order chi connectivity index (χ1) is 11.7. The number of hydrogen-bond acceptors (Lipinski definition) is 3. The van der Waals surface area contributed by atoms with Crippen LogP contribution >= 0.6 is 24.0 Å². The number of nitrogens with one attached hydrogen (secondary N) is 2. The van der Waals surface area contributed by atoms with E-state index in [2.05, 4.69) is 29.6 Å². The first kappa shape index (κ1) is 22.2. The standard InChI is InChI=1S/C18H33N5O.HI/c1-4-19-17(20-12-16-13-22-23(3)14-16)21-15-18(8-6-7-9-18)10-11-24-5-2;/h13-14H,4-12,15H2,1-3H3,(H2,19,20,21);1H. The van der Waals surface area contributed by atoms with E-state index in [4.69, 9.17) is 9.73 Å². The molecule has 2 rings (SSSR count). The van der Waals surface area contributed by atoms with E-state index < -0.39 is 0 Å². The molecule has 1 fully saturated rings. The molecule has 0 amide bonds. The molecule has 1 aromatic rings. The summed E-state index contributed by atoms with van der Waals surface area (Å²) in [6.07, 6.45) is 10.2. The zero-order chi connectivity index (χ0) is 17.3. The van der Waals surface area contributed by atoms with Gasteiger partial charge in [0.1, 0.15) is 0 Å². The van der Waals surface area contributed by atoms with E-state index in [9.17, 15) is 0 Å². The number of nitrogens with zero attached hydrogens (tertiary/aromatic N) is 3. The minimum atomic E-state index is 0. The fraction of sp³-hybridized carbons (Fsp3) is 0.778. The van der Waals surface area contributed by atoms with Crippen LogP contribution in [0.15, 0.2) is 17.4 Å². The normalized spacial score (nSPS) is 16.5. The number of hydrogen-bond donors (Lipinski definition) is 2. The third-order valence-electron chi connectivity index (χ3n) is 4.80. The molecule has 7 heteroatoms. The van der Waals surface area contributed by atoms with Gasteiger partial charge in [0.25, 0.3) is 0 Å². The molecule has 1 heterocycles. The van der Waals surface area contributed by atoms with Crippen molar-refractivity contribution in [2.45, 2.75) is 52.5 Å². The summed E-state index contributed by atoms with van der Waals surface area (Å²) < 4.78 is 7.41. The van der Waals surface area contributed by atoms with Crippen molar-refractivity contribution in [3.63, 3.8) is 0 Å². The molecule has 1 aliphatic rings. The molecular formula is C18H34IN5O. The summed E-state index contributed by atoms with van der Waals surface area (Å²) in [4.78, 5) is 4.70. The Hall–Kier alpha value is -0.830. The van der Waals surface area contributed by atoms with Gasteiger partial charge in [-0.1, -0.05) is 12.8 Å². The molecule has 0 radical (unpaired) electrons. The molecule has 0 aliphatic heterocycles. The van der Waals surface area contributed by atoms with Crippen LogP contribution in [0.3, 0.4) is 0 Å². The largest absolute Gasteiger partial charge is 0.382 e. The molecule has 0 unspecified atom stereocenters. The highest BCUT2D eigenvalue weighted by Crippen LogP contribution is 2.40. The number of aryl methyl sites for hydroxylation is 1. The molecular weight excluding hydrogens is 429 g/mol. The van der Waals surface area contributed by atoms with Crippen LogP contribution in [0.25, 0.3) is 0 Å². The van der Waals surface area contributed by atoms with Gasteiger partial charge >= 0.3 is 0 Å². The van der Waals surface area contributed by atoms with Crippen LogP contribution in [0.5, 0.6) is 0 Å². The Morgan fingerprint density at radius 3 is 2.68 bits per heavy atom. The van der Waals surface area contributed by atoms with E-state index in [1.165, 1.54) is 25.7 Å². The topological polar surface area (TPSA) is 63.5 Å². The third-order valence-corrected chi connectivity index (χ3v) is 4.80. The van der Waals surface area contributed by atoms with Crippen molar-refractivity contribution in [1.29, 1.82) is 0 Å². The zero-order valence-corrected chi connectivity index (χ0v) is 18.2. The summed E-state index contributed by atoms with van der Waals surface area (Å²) in [5.41, 5.74) is 1.49. The van der Waals surface area contributed by atoms with Crippen molar-refractivity contribution in [3.8, 4) is 0 Å². The lowest BCUT2D eigenvalue weighted by molar-refractivity contribution is 0.105. The average molecular weight is 463 g/mol. The Bertz CT molecular complexity index is 511. The first-order valence-corrected chi connectivity index (χ1v) is 9.25. The van der Waals surface area contributed by atoms with Crippen LogP contribution in [-0.4, -0.2) is 42.0 Å². The van der Waals surface area contributed by atoms with Gasteiger partial charge in [-0.05, 0) is 38.5 Å². The summed E-state index contributed by atoms with van der Waals surface area (Å²) in [5.74, 6) is 0.893. The molecule has 0 saturated heterocycles. The highest BCUT2D eigenvalue weighted by molar-refractivity contribution is 14.0. The Morgan fingerprint density at radius 1 is 1.32 bits per heavy atom. The maximum atomic E-state index is 5.60. The minimum absolute atomic E-state index is 0. The van der Waals surface area contributed by atoms with Gasteiger partial charge in [0.15, 0.2) is 5.96 Å². The fourth-order valence-electron chi connectivity index (χ4n) is 3.41. The third kappa shape index (κ3) is 7.52. The van der Waals surface area contributed by atoms with Gasteiger partial charge in [0.05, 0.1) is 12.7 Å². The average Bonchev–Trinajstić information content (AvgIpc) is 3.20. The second kappa shape index (κ2) is 11.7. The maximum Gasteiger partial charge on any atom is 0.191 e. The number of aromatic nitrogens is 2. The van der Waals surface area contributed by atoms with Crippen LogP contribution in [0, 0.1) is 5.41 Å². The van der Waals surface area contributed by atoms with E-state index in [1.807, 2.05) is 24.1 Å². The lowest BCUT2D eigenvalue weighted by atomic mass is 9.83. The van der Waals surface area contributed by atoms with E-state index in [0.717, 1.165) is 44.2 Å². The van der Waals surface area contributed by atoms with Crippen LogP contribution < -0.4 is 10.6 Å². The van der Waals surface area contributed by atoms with Crippen molar-refractivity contribution >= 4 is 29.9 Å². The number of ether oxygens (including phenoxy) is 1. The molecule has 6 nitrogen and oxygen atoms in total. The van der Waals surface area contributed by atoms with Crippen LogP contribution in [0.4, 0.5) is 0 Å². The molecule has 25 heavy (non-hydrogen) atoms. The van der Waals surface area contributed by atoms with Crippen LogP contribution in [-0.2, 0) is 18.3 Å². The molecule has 1 aromatic heterocycles. The van der Waals surface area contributed by atoms with E-state index in [-0.39, 0.29) is 24.0 Å². The van der Waals surface area contributed by atoms with Gasteiger partial charge in [-0.3, -0.25) is 4.68 Å². The zero-order valence-electron chi connectivity index (χ0n) is 15.9. The Morgan fingerprint density at radius 2 is 2.08 bits per heavy atom. The Kier molecular flexibility index (Phi) is 10.4. The monoisotopic (exact) mass is 463 g/mol. The van der Waals surface area contributed by atoms with Gasteiger partial charge in [0.2, 0.25) is 0 Å². The van der Waals surface area contributed by atoms with E-state index in [0.29, 0.717) is 12.0 Å².